The first-order valence-corrected chi connectivity index (χ1v) is 14.0. The van der Waals surface area contributed by atoms with Gasteiger partial charge in [0.15, 0.2) is 23.0 Å². The van der Waals surface area contributed by atoms with Gasteiger partial charge in [-0.15, -0.1) is 0 Å². The Labute approximate surface area is 248 Å². The van der Waals surface area contributed by atoms with Crippen molar-refractivity contribution in [1.29, 1.82) is 0 Å². The van der Waals surface area contributed by atoms with E-state index >= 15 is 0 Å². The van der Waals surface area contributed by atoms with Crippen LogP contribution in [0, 0.1) is 22.7 Å². The van der Waals surface area contributed by atoms with E-state index in [2.05, 4.69) is 0 Å². The van der Waals surface area contributed by atoms with Gasteiger partial charge in [-0.3, -0.25) is 19.2 Å². The Morgan fingerprint density at radius 1 is 0.953 bits per heavy atom. The highest BCUT2D eigenvalue weighted by atomic mass is 16.4. The molecule has 0 aliphatic heterocycles. The molecule has 0 heterocycles. The van der Waals surface area contributed by atoms with Gasteiger partial charge in [0.05, 0.1) is 22.7 Å². The third-order valence-electron chi connectivity index (χ3n) is 9.71. The van der Waals surface area contributed by atoms with Crippen molar-refractivity contribution in [2.24, 2.45) is 22.7 Å². The number of Topliss-reactive ketones (excluding diaryl/α,β-unsaturated/α-hetero) is 4. The van der Waals surface area contributed by atoms with E-state index in [1.54, 1.807) is 50.3 Å². The molecule has 5 rings (SSSR count). The molecule has 0 saturated heterocycles. The molecule has 5 atom stereocenters. The third kappa shape index (κ3) is 3.64. The van der Waals surface area contributed by atoms with E-state index in [0.29, 0.717) is 11.1 Å². The van der Waals surface area contributed by atoms with Crippen molar-refractivity contribution in [2.45, 2.75) is 53.2 Å². The molecule has 0 aromatic heterocycles. The summed E-state index contributed by atoms with van der Waals surface area (Å²) < 4.78 is 0. The molecule has 0 amide bonds. The summed E-state index contributed by atoms with van der Waals surface area (Å²) in [5, 5.41) is 58.7. The minimum Gasteiger partial charge on any atom is -0.508 e. The predicted octanol–water partition coefficient (Wildman–Crippen LogP) is 4.36. The minimum absolute atomic E-state index is 0.140. The molecule has 1 unspecified atom stereocenters. The molecule has 1 saturated carbocycles. The molecule has 0 bridgehead atoms. The summed E-state index contributed by atoms with van der Waals surface area (Å²) in [5.74, 6) is -7.30. The number of phenols is 1. The van der Waals surface area contributed by atoms with Gasteiger partial charge in [-0.25, -0.2) is 0 Å². The molecule has 224 valence electrons. The molecule has 2 aromatic carbocycles. The van der Waals surface area contributed by atoms with E-state index in [9.17, 15) is 44.7 Å². The maximum atomic E-state index is 14.6. The monoisotopic (exact) mass is 586 g/mol. The van der Waals surface area contributed by atoms with Crippen LogP contribution in [0.15, 0.2) is 59.4 Å². The van der Waals surface area contributed by atoms with Crippen molar-refractivity contribution in [1.82, 2.24) is 0 Å². The van der Waals surface area contributed by atoms with E-state index in [1.807, 2.05) is 0 Å². The number of carbonyl (C=O) groups excluding carboxylic acids is 4. The number of hydrogen-bond donors (Lipinski definition) is 5. The number of benzene rings is 2. The number of hydrogen-bond acceptors (Lipinski definition) is 9. The van der Waals surface area contributed by atoms with Gasteiger partial charge in [0.2, 0.25) is 5.78 Å². The standard InChI is InChI=1S/C34H34O9/c1-15(2)25-27(38)23(17(4)36)29(40)34(43)30(41)26-28(39)24-20(11-8-12-22(24)37)21(32(26,5)31(42)33(25,34)6)14-18-9-7-10-19(13-18)16(3)35/h7-15,25,31,37,39-40,42-43H,1-6H3/b21-14+/t25?,31-,32+,33+,34+/m1/s1. The summed E-state index contributed by atoms with van der Waals surface area (Å²) in [6, 6.07) is 11.0. The average molecular weight is 587 g/mol. The second-order valence-electron chi connectivity index (χ2n) is 12.5. The van der Waals surface area contributed by atoms with Crippen molar-refractivity contribution in [3.63, 3.8) is 0 Å². The minimum atomic E-state index is -2.99. The summed E-state index contributed by atoms with van der Waals surface area (Å²) in [6.07, 6.45) is -0.197. The highest BCUT2D eigenvalue weighted by molar-refractivity contribution is 6.25. The Balaban J connectivity index is 1.95. The fraction of sp³-hybridized carbons (Fsp3) is 0.353. The molecule has 0 radical (unpaired) electrons. The third-order valence-corrected chi connectivity index (χ3v) is 9.71. The highest BCUT2D eigenvalue weighted by Gasteiger charge is 2.76. The summed E-state index contributed by atoms with van der Waals surface area (Å²) in [7, 11) is 0. The lowest BCUT2D eigenvalue weighted by Crippen LogP contribution is -2.75. The molecule has 43 heavy (non-hydrogen) atoms. The lowest BCUT2D eigenvalue weighted by Gasteiger charge is -2.62. The number of ketones is 4. The van der Waals surface area contributed by atoms with Crippen molar-refractivity contribution in [2.75, 3.05) is 0 Å². The summed E-state index contributed by atoms with van der Waals surface area (Å²) in [5.41, 5.74) is -6.85. The van der Waals surface area contributed by atoms with Crippen molar-refractivity contribution in [3.8, 4) is 5.75 Å². The quantitative estimate of drug-likeness (QED) is 0.258. The Morgan fingerprint density at radius 3 is 2.16 bits per heavy atom. The molecule has 5 N–H and O–H groups in total. The molecule has 2 aromatic rings. The van der Waals surface area contributed by atoms with Crippen LogP contribution in [0.2, 0.25) is 0 Å². The molecule has 3 aliphatic carbocycles. The maximum absolute atomic E-state index is 14.6. The number of carbonyl (C=O) groups is 4. The highest BCUT2D eigenvalue weighted by Crippen LogP contribution is 2.67. The van der Waals surface area contributed by atoms with Crippen LogP contribution < -0.4 is 0 Å². The molecular weight excluding hydrogens is 552 g/mol. The van der Waals surface area contributed by atoms with Gasteiger partial charge in [0.25, 0.3) is 0 Å². The van der Waals surface area contributed by atoms with Crippen LogP contribution in [0.4, 0.5) is 0 Å². The maximum Gasteiger partial charge on any atom is 0.203 e. The van der Waals surface area contributed by atoms with Crippen LogP contribution in [-0.4, -0.2) is 60.4 Å². The van der Waals surface area contributed by atoms with Crippen LogP contribution in [0.3, 0.4) is 0 Å². The fourth-order valence-corrected chi connectivity index (χ4v) is 7.71. The zero-order valence-corrected chi connectivity index (χ0v) is 24.7. The first-order chi connectivity index (χ1) is 20.0. The summed E-state index contributed by atoms with van der Waals surface area (Å²) >= 11 is 0. The lowest BCUT2D eigenvalue weighted by atomic mass is 9.41. The van der Waals surface area contributed by atoms with Crippen molar-refractivity contribution < 1.29 is 44.7 Å². The second-order valence-corrected chi connectivity index (χ2v) is 12.5. The second kappa shape index (κ2) is 9.59. The Hall–Kier alpha value is -4.34. The molecule has 0 spiro atoms. The largest absolute Gasteiger partial charge is 0.508 e. The number of phenolic OH excluding ortho intramolecular Hbond substituents is 1. The Bertz CT molecular complexity index is 1740. The van der Waals surface area contributed by atoms with Gasteiger partial charge in [0, 0.05) is 16.9 Å². The number of aliphatic hydroxyl groups excluding tert-OH is 3. The number of rotatable bonds is 4. The number of aromatic hydroxyl groups is 1. The molecular formula is C34H34O9. The topological polar surface area (TPSA) is 169 Å². The normalized spacial score (nSPS) is 31.2. The molecule has 3 aliphatic rings. The fourth-order valence-electron chi connectivity index (χ4n) is 7.71. The Kier molecular flexibility index (Phi) is 6.72. The van der Waals surface area contributed by atoms with Crippen LogP contribution in [0.5, 0.6) is 5.75 Å². The van der Waals surface area contributed by atoms with Gasteiger partial charge in [0.1, 0.15) is 22.8 Å². The predicted molar refractivity (Wildman–Crippen MR) is 158 cm³/mol. The van der Waals surface area contributed by atoms with Crippen molar-refractivity contribution >= 4 is 40.5 Å². The summed E-state index contributed by atoms with van der Waals surface area (Å²) in [4.78, 5) is 53.2. The van der Waals surface area contributed by atoms with E-state index in [-0.39, 0.29) is 22.5 Å². The SMILES string of the molecule is CC(=O)C1=C(O)[C@]2(O)C(=O)C3=C(O)c4c(O)cccc4/C(=C\c4cccc(C(C)=O)c4)[C@]3(C)[C@@H](O)[C@]2(C)C(C(C)C)C1=O. The van der Waals surface area contributed by atoms with Gasteiger partial charge < -0.3 is 25.5 Å². The van der Waals surface area contributed by atoms with Gasteiger partial charge in [-0.2, -0.15) is 0 Å². The molecule has 1 fully saturated rings. The average Bonchev–Trinajstić information content (AvgIpc) is 2.92. The zero-order valence-electron chi connectivity index (χ0n) is 24.7. The smallest absolute Gasteiger partial charge is 0.203 e. The molecule has 9 nitrogen and oxygen atoms in total. The zero-order chi connectivity index (χ0) is 32.0. The van der Waals surface area contributed by atoms with Crippen LogP contribution in [0.1, 0.15) is 68.6 Å². The lowest BCUT2D eigenvalue weighted by molar-refractivity contribution is -0.207. The van der Waals surface area contributed by atoms with Crippen molar-refractivity contribution in [3.05, 3.63) is 81.6 Å². The Morgan fingerprint density at radius 2 is 1.58 bits per heavy atom. The van der Waals surface area contributed by atoms with Crippen LogP contribution >= 0.6 is 0 Å². The molecule has 9 heteroatoms. The van der Waals surface area contributed by atoms with E-state index in [1.165, 1.54) is 32.9 Å². The van der Waals surface area contributed by atoms with E-state index < -0.39 is 80.1 Å². The number of aliphatic hydroxyl groups is 4. The van der Waals surface area contributed by atoms with Crippen LogP contribution in [0.25, 0.3) is 17.4 Å². The number of allylic oxidation sites excluding steroid dienone is 1. The van der Waals surface area contributed by atoms with Gasteiger partial charge in [-0.05, 0) is 55.5 Å². The van der Waals surface area contributed by atoms with Gasteiger partial charge in [-0.1, -0.05) is 57.2 Å². The first-order valence-electron chi connectivity index (χ1n) is 14.0. The van der Waals surface area contributed by atoms with E-state index in [0.717, 1.165) is 6.92 Å². The first kappa shape index (κ1) is 30.1. The van der Waals surface area contributed by atoms with E-state index in [4.69, 9.17) is 0 Å². The summed E-state index contributed by atoms with van der Waals surface area (Å²) in [6.45, 7) is 8.55. The van der Waals surface area contributed by atoms with Crippen LogP contribution in [-0.2, 0) is 14.4 Å². The number of fused-ring (bicyclic) bond motifs is 3. The van der Waals surface area contributed by atoms with Gasteiger partial charge >= 0.3 is 0 Å².